The van der Waals surface area contributed by atoms with Crippen LogP contribution in [0.25, 0.3) is 0 Å². The van der Waals surface area contributed by atoms with Gasteiger partial charge in [-0.1, -0.05) is 69.6 Å². The zero-order chi connectivity index (χ0) is 22.3. The summed E-state index contributed by atoms with van der Waals surface area (Å²) in [5, 5.41) is -2.21. The Labute approximate surface area is 195 Å². The van der Waals surface area contributed by atoms with Gasteiger partial charge in [-0.15, -0.1) is 0 Å². The van der Waals surface area contributed by atoms with Gasteiger partial charge in [-0.3, -0.25) is 9.59 Å². The van der Waals surface area contributed by atoms with Gasteiger partial charge in [0.15, 0.2) is 11.5 Å². The minimum Gasteiger partial charge on any atom is -0.424 e. The highest BCUT2D eigenvalue weighted by Crippen LogP contribution is 2.50. The van der Waals surface area contributed by atoms with Gasteiger partial charge in [0.1, 0.15) is 9.79 Å². The molecule has 0 bridgehead atoms. The summed E-state index contributed by atoms with van der Waals surface area (Å²) in [7, 11) is -4.80. The molecule has 0 radical (unpaired) electrons. The molecule has 0 aliphatic carbocycles. The molecule has 2 aromatic rings. The van der Waals surface area contributed by atoms with E-state index in [2.05, 4.69) is 0 Å². The molecule has 0 saturated carbocycles. The number of sulfone groups is 1. The van der Waals surface area contributed by atoms with E-state index in [0.29, 0.717) is 0 Å². The van der Waals surface area contributed by atoms with Gasteiger partial charge in [0.25, 0.3) is 0 Å². The normalized spacial score (nSPS) is 11.3. The second-order valence-electron chi connectivity index (χ2n) is 5.32. The third-order valence-corrected chi connectivity index (χ3v) is 7.41. The highest BCUT2D eigenvalue weighted by molar-refractivity contribution is 7.92. The summed E-state index contributed by atoms with van der Waals surface area (Å²) in [5.41, 5.74) is 0. The predicted molar refractivity (Wildman–Crippen MR) is 111 cm³/mol. The molecule has 0 atom stereocenters. The Hall–Kier alpha value is -0.930. The molecule has 0 heterocycles. The van der Waals surface area contributed by atoms with Crippen LogP contribution in [-0.4, -0.2) is 20.4 Å². The van der Waals surface area contributed by atoms with Crippen molar-refractivity contribution in [3.05, 3.63) is 42.3 Å². The first-order valence-corrected chi connectivity index (χ1v) is 11.0. The number of halogens is 6. The van der Waals surface area contributed by atoms with Crippen molar-refractivity contribution in [2.75, 3.05) is 0 Å². The van der Waals surface area contributed by atoms with Gasteiger partial charge in [0.05, 0.1) is 30.1 Å². The van der Waals surface area contributed by atoms with E-state index >= 15 is 0 Å². The number of hydrogen-bond acceptors (Lipinski definition) is 6. The molecule has 2 aromatic carbocycles. The molecule has 0 spiro atoms. The molecule has 0 unspecified atom stereocenters. The van der Waals surface area contributed by atoms with Crippen molar-refractivity contribution in [3.63, 3.8) is 0 Å². The maximum absolute atomic E-state index is 13.5. The summed E-state index contributed by atoms with van der Waals surface area (Å²) in [6, 6.07) is 2.17. The molecule has 13 heteroatoms. The number of ether oxygens (including phenoxy) is 2. The van der Waals surface area contributed by atoms with Gasteiger partial charge >= 0.3 is 11.9 Å². The van der Waals surface area contributed by atoms with E-state index in [4.69, 9.17) is 79.1 Å². The molecule has 0 aromatic heterocycles. The van der Waals surface area contributed by atoms with Gasteiger partial charge in [-0.05, 0) is 12.1 Å². The second-order valence-corrected chi connectivity index (χ2v) is 9.52. The largest absolute Gasteiger partial charge is 0.424 e. The minimum atomic E-state index is -4.80. The molecule has 6 nitrogen and oxygen atoms in total. The van der Waals surface area contributed by atoms with E-state index < -0.39 is 53.1 Å². The quantitative estimate of drug-likeness (QED) is 0.257. The first-order valence-electron chi connectivity index (χ1n) is 7.25. The van der Waals surface area contributed by atoms with E-state index in [1.165, 1.54) is 0 Å². The molecule has 0 aliphatic rings. The minimum absolute atomic E-state index is 0.260. The third kappa shape index (κ3) is 4.88. The van der Waals surface area contributed by atoms with Crippen molar-refractivity contribution in [3.8, 4) is 11.5 Å². The van der Waals surface area contributed by atoms with Crippen molar-refractivity contribution in [2.24, 2.45) is 0 Å². The van der Waals surface area contributed by atoms with E-state index in [1.807, 2.05) is 0 Å². The van der Waals surface area contributed by atoms with Crippen LogP contribution in [0.4, 0.5) is 0 Å². The molecule has 0 fully saturated rings. The average molecular weight is 541 g/mol. The van der Waals surface area contributed by atoms with Crippen molar-refractivity contribution in [2.45, 2.75) is 23.6 Å². The molecule has 0 saturated heterocycles. The maximum atomic E-state index is 13.5. The van der Waals surface area contributed by atoms with Crippen LogP contribution < -0.4 is 9.47 Å². The molecular formula is C16H8Cl6O6S. The lowest BCUT2D eigenvalue weighted by molar-refractivity contribution is -0.133. The van der Waals surface area contributed by atoms with Crippen molar-refractivity contribution >= 4 is 91.4 Å². The summed E-state index contributed by atoms with van der Waals surface area (Å²) in [4.78, 5) is 21.4. The SMILES string of the molecule is CC(=O)Oc1c(Cl)cc(Cl)c(Cl)c1S(=O)(=O)c1c(Cl)c(Cl)cc(Cl)c1OC(C)=O. The Morgan fingerprint density at radius 3 is 1.28 bits per heavy atom. The van der Waals surface area contributed by atoms with Gasteiger partial charge in [0.2, 0.25) is 9.84 Å². The fourth-order valence-electron chi connectivity index (χ4n) is 2.17. The van der Waals surface area contributed by atoms with E-state index in [-0.39, 0.29) is 20.1 Å². The Morgan fingerprint density at radius 1 is 0.690 bits per heavy atom. The number of hydrogen-bond donors (Lipinski definition) is 0. The number of benzene rings is 2. The van der Waals surface area contributed by atoms with Gasteiger partial charge in [-0.25, -0.2) is 8.42 Å². The smallest absolute Gasteiger partial charge is 0.308 e. The van der Waals surface area contributed by atoms with Crippen molar-refractivity contribution < 1.29 is 27.5 Å². The average Bonchev–Trinajstić information content (AvgIpc) is 2.56. The van der Waals surface area contributed by atoms with E-state index in [9.17, 15) is 18.0 Å². The molecular weight excluding hydrogens is 533 g/mol. The van der Waals surface area contributed by atoms with E-state index in [1.54, 1.807) is 0 Å². The van der Waals surface area contributed by atoms with Crippen molar-refractivity contribution in [1.82, 2.24) is 0 Å². The zero-order valence-corrected chi connectivity index (χ0v) is 19.6. The van der Waals surface area contributed by atoms with Gasteiger partial charge in [0, 0.05) is 13.8 Å². The van der Waals surface area contributed by atoms with Crippen LogP contribution in [0.3, 0.4) is 0 Å². The van der Waals surface area contributed by atoms with Crippen LogP contribution in [0, 0.1) is 0 Å². The van der Waals surface area contributed by atoms with Crippen LogP contribution in [-0.2, 0) is 19.4 Å². The van der Waals surface area contributed by atoms with Crippen LogP contribution in [0.2, 0.25) is 30.1 Å². The van der Waals surface area contributed by atoms with Gasteiger partial charge < -0.3 is 9.47 Å². The molecule has 0 amide bonds. The molecule has 2 rings (SSSR count). The zero-order valence-electron chi connectivity index (χ0n) is 14.3. The Kier molecular flexibility index (Phi) is 7.60. The maximum Gasteiger partial charge on any atom is 0.308 e. The second kappa shape index (κ2) is 9.06. The lowest BCUT2D eigenvalue weighted by atomic mass is 10.3. The molecule has 29 heavy (non-hydrogen) atoms. The summed E-state index contributed by atoms with van der Waals surface area (Å²) in [6.45, 7) is 2.03. The van der Waals surface area contributed by atoms with Crippen LogP contribution in [0.5, 0.6) is 11.5 Å². The number of esters is 2. The molecule has 0 N–H and O–H groups in total. The third-order valence-electron chi connectivity index (χ3n) is 3.20. The van der Waals surface area contributed by atoms with Gasteiger partial charge in [-0.2, -0.15) is 0 Å². The Morgan fingerprint density at radius 2 is 1.00 bits per heavy atom. The molecule has 156 valence electrons. The Bertz CT molecular complexity index is 1060. The monoisotopic (exact) mass is 538 g/mol. The fourth-order valence-corrected chi connectivity index (χ4v) is 5.98. The number of carbonyl (C=O) groups excluding carboxylic acids is 2. The summed E-state index contributed by atoms with van der Waals surface area (Å²) >= 11 is 36.1. The lowest BCUT2D eigenvalue weighted by Crippen LogP contribution is -2.13. The first-order chi connectivity index (χ1) is 13.3. The summed E-state index contributed by atoms with van der Waals surface area (Å²) < 4.78 is 36.9. The standard InChI is InChI=1S/C16H8Cl6O6S/c1-5(23)27-13-9(19)3-7(17)11(21)15(13)29(25,26)16-12(22)8(18)4-10(20)14(16)28-6(2)24/h3-4H,1-2H3. The van der Waals surface area contributed by atoms with Crippen molar-refractivity contribution in [1.29, 1.82) is 0 Å². The summed E-state index contributed by atoms with van der Waals surface area (Å²) in [5.74, 6) is -2.99. The first kappa shape index (κ1) is 24.3. The number of carbonyl (C=O) groups is 2. The van der Waals surface area contributed by atoms with Crippen LogP contribution in [0.1, 0.15) is 13.8 Å². The van der Waals surface area contributed by atoms with E-state index in [0.717, 1.165) is 26.0 Å². The highest BCUT2D eigenvalue weighted by atomic mass is 35.5. The molecule has 0 aliphatic heterocycles. The topological polar surface area (TPSA) is 86.7 Å². The summed E-state index contributed by atoms with van der Waals surface area (Å²) in [6.07, 6.45) is 0. The fraction of sp³-hybridized carbons (Fsp3) is 0.125. The van der Waals surface area contributed by atoms with Crippen LogP contribution in [0.15, 0.2) is 21.9 Å². The number of rotatable bonds is 4. The predicted octanol–water partition coefficient (Wildman–Crippen LogP) is 6.29. The lowest BCUT2D eigenvalue weighted by Gasteiger charge is -2.18. The van der Waals surface area contributed by atoms with Crippen LogP contribution >= 0.6 is 69.6 Å². The Balaban J connectivity index is 3.02. The highest BCUT2D eigenvalue weighted by Gasteiger charge is 2.36.